The molecule has 9 rings (SSSR count). The smallest absolute Gasteiger partial charge is 0.249 e. The molecule has 0 spiro atoms. The molecule has 4 N–H and O–H groups in total. The second-order valence-corrected chi connectivity index (χ2v) is 19.1. The highest BCUT2D eigenvalue weighted by Gasteiger charge is 2.41. The Morgan fingerprint density at radius 1 is 0.941 bits per heavy atom. The van der Waals surface area contributed by atoms with E-state index in [-0.39, 0.29) is 48.1 Å². The van der Waals surface area contributed by atoms with Gasteiger partial charge in [-0.3, -0.25) is 29.2 Å². The van der Waals surface area contributed by atoms with Crippen LogP contribution in [0.15, 0.2) is 61.3 Å². The molecule has 4 saturated heterocycles. The molecule has 0 radical (unpaired) electrons. The molecule has 0 aliphatic carbocycles. The first-order valence-corrected chi connectivity index (χ1v) is 23.7. The van der Waals surface area contributed by atoms with Gasteiger partial charge >= 0.3 is 0 Å². The summed E-state index contributed by atoms with van der Waals surface area (Å²) in [6, 6.07) is 10.4. The first-order valence-electron chi connectivity index (χ1n) is 23.7. The summed E-state index contributed by atoms with van der Waals surface area (Å²) in [5, 5.41) is 39.1. The van der Waals surface area contributed by atoms with Crippen LogP contribution in [-0.4, -0.2) is 120 Å². The molecule has 0 saturated carbocycles. The number of nitrogens with one attached hydrogen (secondary N) is 3. The second-order valence-electron chi connectivity index (χ2n) is 19.1. The Balaban J connectivity index is 0.799. The quantitative estimate of drug-likeness (QED) is 0.121. The number of rotatable bonds is 12. The minimum Gasteiger partial charge on any atom is -0.389 e. The van der Waals surface area contributed by atoms with Crippen LogP contribution in [-0.2, 0) is 19.2 Å². The van der Waals surface area contributed by atoms with Crippen molar-refractivity contribution in [2.24, 2.45) is 5.41 Å². The van der Waals surface area contributed by atoms with Crippen molar-refractivity contribution in [2.45, 2.75) is 109 Å². The minimum atomic E-state index is -1.21. The van der Waals surface area contributed by atoms with Crippen LogP contribution in [0.25, 0.3) is 28.0 Å². The van der Waals surface area contributed by atoms with Crippen LogP contribution in [0.4, 0.5) is 21.6 Å². The largest absolute Gasteiger partial charge is 0.389 e. The van der Waals surface area contributed by atoms with Gasteiger partial charge in [-0.05, 0) is 95.5 Å². The molecule has 4 amide bonds. The first kappa shape index (κ1) is 46.2. The molecule has 4 aliphatic rings. The third-order valence-corrected chi connectivity index (χ3v) is 14.4. The fraction of sp³-hybridized carbons (Fsp3) is 0.490. The summed E-state index contributed by atoms with van der Waals surface area (Å²) in [4.78, 5) is 66.1. The summed E-state index contributed by atoms with van der Waals surface area (Å²) in [6.45, 7) is 9.25. The third kappa shape index (κ3) is 9.46. The van der Waals surface area contributed by atoms with E-state index in [1.165, 1.54) is 12.3 Å². The molecular weight excluding hydrogens is 870 g/mol. The summed E-state index contributed by atoms with van der Waals surface area (Å²) in [7, 11) is 0. The molecule has 18 nitrogen and oxygen atoms in total. The zero-order valence-corrected chi connectivity index (χ0v) is 38.7. The molecule has 8 heterocycles. The highest BCUT2D eigenvalue weighted by molar-refractivity contribution is 6.01. The van der Waals surface area contributed by atoms with Crippen molar-refractivity contribution in [3.05, 3.63) is 72.7 Å². The van der Waals surface area contributed by atoms with Crippen molar-refractivity contribution in [3.63, 3.8) is 0 Å². The van der Waals surface area contributed by atoms with Crippen LogP contribution >= 0.6 is 0 Å². The maximum Gasteiger partial charge on any atom is 0.249 e. The van der Waals surface area contributed by atoms with Gasteiger partial charge in [0.1, 0.15) is 34.8 Å². The SMILES string of the molecule is CCC1(C(=O)NC(C)C)CCN(c2ccc(-c3nc(-c4cnn(C5CCN(C(=O)CC6(O)CCN(c7ccc(NC8CCC(=O)NC8=O)cc7F)CC6)CC5)c4)cn4ncc(C#N)c34)cn2)CC1. The van der Waals surface area contributed by atoms with Crippen LogP contribution in [0.2, 0.25) is 0 Å². The fourth-order valence-electron chi connectivity index (χ4n) is 10.1. The number of carbonyl (C=O) groups is 4. The number of imide groups is 1. The molecular formula is C49H58FN13O5. The van der Waals surface area contributed by atoms with E-state index in [0.29, 0.717) is 105 Å². The number of piperidine rings is 4. The second kappa shape index (κ2) is 19.0. The molecule has 4 aliphatic heterocycles. The Morgan fingerprint density at radius 3 is 2.35 bits per heavy atom. The van der Waals surface area contributed by atoms with E-state index in [4.69, 9.17) is 15.1 Å². The number of pyridine rings is 1. The van der Waals surface area contributed by atoms with Gasteiger partial charge in [0.05, 0.1) is 59.1 Å². The van der Waals surface area contributed by atoms with Crippen molar-refractivity contribution in [2.75, 3.05) is 54.4 Å². The number of fused-ring (bicyclic) bond motifs is 1. The lowest BCUT2D eigenvalue weighted by atomic mass is 9.75. The van der Waals surface area contributed by atoms with Gasteiger partial charge in [0.15, 0.2) is 0 Å². The first-order chi connectivity index (χ1) is 32.7. The van der Waals surface area contributed by atoms with E-state index >= 15 is 4.39 Å². The molecule has 4 aromatic heterocycles. The van der Waals surface area contributed by atoms with Crippen molar-refractivity contribution in [3.8, 4) is 28.6 Å². The Labute approximate surface area is 393 Å². The highest BCUT2D eigenvalue weighted by atomic mass is 19.1. The summed E-state index contributed by atoms with van der Waals surface area (Å²) >= 11 is 0. The number of amides is 4. The van der Waals surface area contributed by atoms with Crippen LogP contribution in [0, 0.1) is 22.6 Å². The van der Waals surface area contributed by atoms with Crippen molar-refractivity contribution in [1.82, 2.24) is 44.9 Å². The lowest BCUT2D eigenvalue weighted by Crippen LogP contribution is -2.50. The average molecular weight is 928 g/mol. The van der Waals surface area contributed by atoms with E-state index in [9.17, 15) is 29.5 Å². The van der Waals surface area contributed by atoms with Gasteiger partial charge in [-0.1, -0.05) is 6.92 Å². The predicted octanol–water partition coefficient (Wildman–Crippen LogP) is 4.99. The Hall–Kier alpha value is -6.94. The summed E-state index contributed by atoms with van der Waals surface area (Å²) < 4.78 is 18.9. The van der Waals surface area contributed by atoms with E-state index in [0.717, 1.165) is 36.2 Å². The molecule has 1 atom stereocenters. The minimum absolute atomic E-state index is 0.0130. The maximum atomic E-state index is 15.3. The van der Waals surface area contributed by atoms with Gasteiger partial charge in [-0.15, -0.1) is 0 Å². The van der Waals surface area contributed by atoms with Crippen LogP contribution in [0.1, 0.15) is 96.6 Å². The standard InChI is InChI=1S/C49H58FN13O5/c1-4-48(47(67)55-31(2)3)13-19-60(20-14-48)41-9-5-32(26-52-41)44-45-33(25-51)27-54-63(45)30-39(57-44)34-28-53-62(29-34)36-11-17-61(18-12-36)43(65)24-49(68)15-21-59(22-16-49)40-8-6-35(23-37(40)50)56-38-7-10-42(64)58-46(38)66/h5-6,8-9,23,26-31,36,38,56,68H,4,7,10-22,24H2,1-3H3,(H,55,67)(H,58,64,66). The van der Waals surface area contributed by atoms with Gasteiger partial charge in [-0.2, -0.15) is 15.5 Å². The lowest BCUT2D eigenvalue weighted by Gasteiger charge is -2.41. The molecule has 1 aromatic carbocycles. The molecule has 68 heavy (non-hydrogen) atoms. The summed E-state index contributed by atoms with van der Waals surface area (Å²) in [5.74, 6) is -0.387. The summed E-state index contributed by atoms with van der Waals surface area (Å²) in [5.41, 5.74) is 2.89. The van der Waals surface area contributed by atoms with Crippen molar-refractivity contribution < 1.29 is 28.7 Å². The van der Waals surface area contributed by atoms with E-state index in [1.54, 1.807) is 40.1 Å². The van der Waals surface area contributed by atoms with Gasteiger partial charge in [0, 0.05) is 80.9 Å². The van der Waals surface area contributed by atoms with Crippen LogP contribution < -0.4 is 25.8 Å². The number of aromatic nitrogens is 6. The molecule has 5 aromatic rings. The zero-order valence-electron chi connectivity index (χ0n) is 38.7. The number of halogens is 1. The number of nitrogens with zero attached hydrogens (tertiary/aromatic N) is 10. The van der Waals surface area contributed by atoms with Gasteiger partial charge in [-0.25, -0.2) is 18.9 Å². The zero-order chi connectivity index (χ0) is 47.7. The van der Waals surface area contributed by atoms with E-state index < -0.39 is 23.4 Å². The number of benzene rings is 1. The Morgan fingerprint density at radius 2 is 1.69 bits per heavy atom. The molecule has 1 unspecified atom stereocenters. The summed E-state index contributed by atoms with van der Waals surface area (Å²) in [6.07, 6.45) is 13.6. The number of nitriles is 1. The number of likely N-dealkylation sites (tertiary alicyclic amines) is 1. The van der Waals surface area contributed by atoms with Crippen LogP contribution in [0.5, 0.6) is 0 Å². The highest BCUT2D eigenvalue weighted by Crippen LogP contribution is 2.38. The predicted molar refractivity (Wildman–Crippen MR) is 252 cm³/mol. The van der Waals surface area contributed by atoms with E-state index in [2.05, 4.69) is 38.9 Å². The van der Waals surface area contributed by atoms with Crippen molar-refractivity contribution in [1.29, 1.82) is 5.26 Å². The lowest BCUT2D eigenvalue weighted by molar-refractivity contribution is -0.139. The molecule has 4 fully saturated rings. The normalized spacial score (nSPS) is 19.8. The van der Waals surface area contributed by atoms with Gasteiger partial charge in [0.25, 0.3) is 0 Å². The Bertz CT molecular complexity index is 2740. The number of aliphatic hydroxyl groups is 1. The van der Waals surface area contributed by atoms with Crippen LogP contribution in [0.3, 0.4) is 0 Å². The fourth-order valence-corrected chi connectivity index (χ4v) is 10.1. The number of anilines is 3. The monoisotopic (exact) mass is 927 g/mol. The van der Waals surface area contributed by atoms with E-state index in [1.807, 2.05) is 41.8 Å². The molecule has 356 valence electrons. The van der Waals surface area contributed by atoms with Gasteiger partial charge in [0.2, 0.25) is 23.6 Å². The molecule has 19 heteroatoms. The number of hydrogen-bond acceptors (Lipinski definition) is 13. The third-order valence-electron chi connectivity index (χ3n) is 14.4. The average Bonchev–Trinajstić information content (AvgIpc) is 4.01. The topological polar surface area (TPSA) is 219 Å². The Kier molecular flexibility index (Phi) is 12.9. The number of carbonyl (C=O) groups excluding carboxylic acids is 4. The van der Waals surface area contributed by atoms with Crippen molar-refractivity contribution >= 4 is 46.3 Å². The van der Waals surface area contributed by atoms with Gasteiger partial charge < -0.3 is 30.4 Å². The molecule has 0 bridgehead atoms. The maximum absolute atomic E-state index is 15.3. The number of hydrogen-bond donors (Lipinski definition) is 4.